The van der Waals surface area contributed by atoms with Crippen molar-refractivity contribution in [2.45, 2.75) is 38.5 Å². The van der Waals surface area contributed by atoms with E-state index in [2.05, 4.69) is 45.4 Å². The molecule has 4 rings (SSSR count). The van der Waals surface area contributed by atoms with Gasteiger partial charge in [0.2, 0.25) is 0 Å². The zero-order valence-corrected chi connectivity index (χ0v) is 12.1. The van der Waals surface area contributed by atoms with Crippen molar-refractivity contribution in [2.75, 3.05) is 0 Å². The first kappa shape index (κ1) is 12.7. The molecule has 0 amide bonds. The van der Waals surface area contributed by atoms with Crippen LogP contribution in [-0.4, -0.2) is 20.4 Å². The van der Waals surface area contributed by atoms with Gasteiger partial charge >= 0.3 is 0 Å². The smallest absolute Gasteiger partial charge is 0.0588 e. The van der Waals surface area contributed by atoms with Crippen LogP contribution in [0, 0.1) is 0 Å². The predicted octanol–water partition coefficient (Wildman–Crippen LogP) is 2.79. The summed E-state index contributed by atoms with van der Waals surface area (Å²) in [6.07, 6.45) is 8.69. The minimum absolute atomic E-state index is 0.763. The molecule has 0 spiro atoms. The van der Waals surface area contributed by atoms with Gasteiger partial charge in [-0.05, 0) is 48.1 Å². The van der Waals surface area contributed by atoms with Crippen LogP contribution >= 0.6 is 0 Å². The van der Waals surface area contributed by atoms with Gasteiger partial charge in [-0.25, -0.2) is 0 Å². The second-order valence-corrected chi connectivity index (χ2v) is 5.83. The molecule has 0 aliphatic heterocycles. The van der Waals surface area contributed by atoms with Crippen LogP contribution in [0.3, 0.4) is 0 Å². The van der Waals surface area contributed by atoms with Gasteiger partial charge in [-0.3, -0.25) is 4.68 Å². The third-order valence-electron chi connectivity index (χ3n) is 4.14. The number of aryl methyl sites for hydroxylation is 2. The molecule has 0 saturated heterocycles. The van der Waals surface area contributed by atoms with Gasteiger partial charge in [0.05, 0.1) is 6.54 Å². The number of hydrogen-bond acceptors (Lipinski definition) is 2. The van der Waals surface area contributed by atoms with E-state index in [0.29, 0.717) is 0 Å². The molecule has 1 aliphatic carbocycles. The lowest BCUT2D eigenvalue weighted by molar-refractivity contribution is 0.543. The topological polar surface area (TPSA) is 34.8 Å². The zero-order valence-electron chi connectivity index (χ0n) is 12.1. The summed E-state index contributed by atoms with van der Waals surface area (Å²) in [5.41, 5.74) is 2.68. The summed E-state index contributed by atoms with van der Waals surface area (Å²) in [5, 5.41) is 9.15. The van der Waals surface area contributed by atoms with Crippen LogP contribution in [0.5, 0.6) is 0 Å². The Morgan fingerprint density at radius 1 is 1.14 bits per heavy atom. The maximum absolute atomic E-state index is 4.25. The molecule has 2 heterocycles. The van der Waals surface area contributed by atoms with Crippen LogP contribution in [-0.2, 0) is 19.6 Å². The van der Waals surface area contributed by atoms with Crippen LogP contribution in [0.2, 0.25) is 0 Å². The Morgan fingerprint density at radius 2 is 2.10 bits per heavy atom. The highest BCUT2D eigenvalue weighted by atomic mass is 15.3. The molecular formula is C17H20N4. The number of rotatable bonds is 6. The Hall–Kier alpha value is -2.07. The monoisotopic (exact) mass is 280 g/mol. The molecule has 4 heteroatoms. The predicted molar refractivity (Wildman–Crippen MR) is 84.0 cm³/mol. The fourth-order valence-corrected chi connectivity index (χ4v) is 2.75. The molecule has 1 fully saturated rings. The van der Waals surface area contributed by atoms with E-state index in [0.717, 1.165) is 25.7 Å². The highest BCUT2D eigenvalue weighted by Gasteiger charge is 2.19. The van der Waals surface area contributed by atoms with E-state index < -0.39 is 0 Å². The molecular weight excluding hydrogens is 260 g/mol. The SMILES string of the molecule is c1cnn(CCn2ccc3cc(CNC4CC4)ccc32)c1. The Balaban J connectivity index is 1.48. The Kier molecular flexibility index (Phi) is 3.24. The molecule has 0 bridgehead atoms. The quantitative estimate of drug-likeness (QED) is 0.753. The second-order valence-electron chi connectivity index (χ2n) is 5.83. The number of benzene rings is 1. The molecule has 0 unspecified atom stereocenters. The van der Waals surface area contributed by atoms with E-state index in [4.69, 9.17) is 0 Å². The number of nitrogens with zero attached hydrogens (tertiary/aromatic N) is 3. The van der Waals surface area contributed by atoms with Crippen molar-refractivity contribution >= 4 is 10.9 Å². The van der Waals surface area contributed by atoms with Crippen molar-refractivity contribution in [1.29, 1.82) is 0 Å². The van der Waals surface area contributed by atoms with Crippen molar-refractivity contribution in [1.82, 2.24) is 19.7 Å². The lowest BCUT2D eigenvalue weighted by atomic mass is 10.1. The summed E-state index contributed by atoms with van der Waals surface area (Å²) in [7, 11) is 0. The highest BCUT2D eigenvalue weighted by molar-refractivity contribution is 5.80. The first-order valence-electron chi connectivity index (χ1n) is 7.67. The lowest BCUT2D eigenvalue weighted by Gasteiger charge is -2.07. The largest absolute Gasteiger partial charge is 0.346 e. The summed E-state index contributed by atoms with van der Waals surface area (Å²) >= 11 is 0. The van der Waals surface area contributed by atoms with Crippen LogP contribution in [0.4, 0.5) is 0 Å². The first-order chi connectivity index (χ1) is 10.4. The average molecular weight is 280 g/mol. The highest BCUT2D eigenvalue weighted by Crippen LogP contribution is 2.21. The first-order valence-corrected chi connectivity index (χ1v) is 7.67. The maximum Gasteiger partial charge on any atom is 0.0588 e. The van der Waals surface area contributed by atoms with Gasteiger partial charge in [-0.15, -0.1) is 0 Å². The maximum atomic E-state index is 4.25. The molecule has 1 aromatic carbocycles. The summed E-state index contributed by atoms with van der Waals surface area (Å²) in [6, 6.07) is 11.7. The van der Waals surface area contributed by atoms with Gasteiger partial charge in [-0.1, -0.05) is 6.07 Å². The standard InChI is InChI=1S/C17H20N4/c1-7-19-21(8-1)11-10-20-9-6-15-12-14(2-5-17(15)20)13-18-16-3-4-16/h1-2,5-9,12,16,18H,3-4,10-11,13H2. The van der Waals surface area contributed by atoms with Crippen molar-refractivity contribution in [3.05, 3.63) is 54.5 Å². The molecule has 0 radical (unpaired) electrons. The van der Waals surface area contributed by atoms with E-state index >= 15 is 0 Å². The van der Waals surface area contributed by atoms with Crippen molar-refractivity contribution < 1.29 is 0 Å². The Labute approximate surface area is 124 Å². The third kappa shape index (κ3) is 2.85. The minimum Gasteiger partial charge on any atom is -0.346 e. The van der Waals surface area contributed by atoms with E-state index in [1.807, 2.05) is 23.1 Å². The third-order valence-corrected chi connectivity index (χ3v) is 4.14. The van der Waals surface area contributed by atoms with E-state index in [1.165, 1.54) is 29.3 Å². The average Bonchev–Trinajstić information content (AvgIpc) is 3.03. The van der Waals surface area contributed by atoms with Crippen molar-refractivity contribution in [3.8, 4) is 0 Å². The van der Waals surface area contributed by atoms with Crippen LogP contribution in [0.1, 0.15) is 18.4 Å². The van der Waals surface area contributed by atoms with Gasteiger partial charge in [0.25, 0.3) is 0 Å². The molecule has 0 atom stereocenters. The van der Waals surface area contributed by atoms with Gasteiger partial charge in [-0.2, -0.15) is 5.10 Å². The van der Waals surface area contributed by atoms with Crippen molar-refractivity contribution in [2.24, 2.45) is 0 Å². The zero-order chi connectivity index (χ0) is 14.1. The molecule has 4 nitrogen and oxygen atoms in total. The molecule has 3 aromatic rings. The molecule has 1 aliphatic rings. The fraction of sp³-hybridized carbons (Fsp3) is 0.353. The Morgan fingerprint density at radius 3 is 2.90 bits per heavy atom. The minimum atomic E-state index is 0.763. The van der Waals surface area contributed by atoms with Gasteiger partial charge in [0.15, 0.2) is 0 Å². The summed E-state index contributed by atoms with van der Waals surface area (Å²) in [6.45, 7) is 2.84. The number of nitrogens with one attached hydrogen (secondary N) is 1. The second kappa shape index (κ2) is 5.37. The number of fused-ring (bicyclic) bond motifs is 1. The molecule has 108 valence electrons. The number of hydrogen-bond donors (Lipinski definition) is 1. The Bertz CT molecular complexity index is 722. The van der Waals surface area contributed by atoms with E-state index in [1.54, 1.807) is 0 Å². The van der Waals surface area contributed by atoms with Crippen molar-refractivity contribution in [3.63, 3.8) is 0 Å². The lowest BCUT2D eigenvalue weighted by Crippen LogP contribution is -2.15. The molecule has 2 aromatic heterocycles. The normalized spacial score (nSPS) is 14.9. The van der Waals surface area contributed by atoms with Gasteiger partial charge in [0, 0.05) is 43.2 Å². The van der Waals surface area contributed by atoms with Crippen LogP contribution in [0.15, 0.2) is 48.9 Å². The molecule has 1 N–H and O–H groups in total. The summed E-state index contributed by atoms with van der Waals surface area (Å²) in [4.78, 5) is 0. The van der Waals surface area contributed by atoms with Crippen LogP contribution < -0.4 is 5.32 Å². The van der Waals surface area contributed by atoms with E-state index in [-0.39, 0.29) is 0 Å². The van der Waals surface area contributed by atoms with Crippen LogP contribution in [0.25, 0.3) is 10.9 Å². The fourth-order valence-electron chi connectivity index (χ4n) is 2.75. The van der Waals surface area contributed by atoms with Gasteiger partial charge < -0.3 is 9.88 Å². The number of aromatic nitrogens is 3. The molecule has 1 saturated carbocycles. The van der Waals surface area contributed by atoms with E-state index in [9.17, 15) is 0 Å². The van der Waals surface area contributed by atoms with Gasteiger partial charge in [0.1, 0.15) is 0 Å². The molecule has 21 heavy (non-hydrogen) atoms. The summed E-state index contributed by atoms with van der Waals surface area (Å²) < 4.78 is 4.27. The summed E-state index contributed by atoms with van der Waals surface area (Å²) in [5.74, 6) is 0.